The molecule has 1 atom stereocenters. The van der Waals surface area contributed by atoms with Crippen molar-refractivity contribution >= 4 is 22.6 Å². The summed E-state index contributed by atoms with van der Waals surface area (Å²) in [5, 5.41) is 0. The van der Waals surface area contributed by atoms with Crippen LogP contribution in [-0.2, 0) is 0 Å². The van der Waals surface area contributed by atoms with Gasteiger partial charge >= 0.3 is 0 Å². The summed E-state index contributed by atoms with van der Waals surface area (Å²) in [4.78, 5) is 0. The summed E-state index contributed by atoms with van der Waals surface area (Å²) >= 11 is 2.31. The molecule has 2 aromatic rings. The predicted molar refractivity (Wildman–Crippen MR) is 79.7 cm³/mol. The molecule has 0 aliphatic carbocycles. The van der Waals surface area contributed by atoms with E-state index < -0.39 is 0 Å². The van der Waals surface area contributed by atoms with E-state index in [4.69, 9.17) is 4.74 Å². The molecule has 1 nitrogen and oxygen atoms in total. The van der Waals surface area contributed by atoms with Gasteiger partial charge in [-0.15, -0.1) is 0 Å². The largest absolute Gasteiger partial charge is 0.496 e. The first-order valence-electron chi connectivity index (χ1n) is 5.60. The Morgan fingerprint density at radius 2 is 1.71 bits per heavy atom. The van der Waals surface area contributed by atoms with Crippen molar-refractivity contribution in [1.29, 1.82) is 0 Å². The highest BCUT2D eigenvalue weighted by Gasteiger charge is 2.09. The fraction of sp³-hybridized carbons (Fsp3) is 0.200. The lowest BCUT2D eigenvalue weighted by Gasteiger charge is -2.14. The lowest BCUT2D eigenvalue weighted by Crippen LogP contribution is -1.97. The van der Waals surface area contributed by atoms with Crippen LogP contribution in [0.3, 0.4) is 0 Å². The SMILES string of the molecule is COc1ccc(C(C)c2ccccc2)cc1I. The Bertz CT molecular complexity index is 494. The average molecular weight is 338 g/mol. The van der Waals surface area contributed by atoms with Crippen LogP contribution >= 0.6 is 22.6 Å². The Morgan fingerprint density at radius 1 is 1.00 bits per heavy atom. The van der Waals surface area contributed by atoms with Crippen LogP contribution in [0.1, 0.15) is 24.0 Å². The minimum Gasteiger partial charge on any atom is -0.496 e. The van der Waals surface area contributed by atoms with Crippen LogP contribution in [0.15, 0.2) is 48.5 Å². The van der Waals surface area contributed by atoms with Crippen molar-refractivity contribution in [3.8, 4) is 5.75 Å². The van der Waals surface area contributed by atoms with Gasteiger partial charge in [-0.2, -0.15) is 0 Å². The van der Waals surface area contributed by atoms with Gasteiger partial charge < -0.3 is 4.74 Å². The Balaban J connectivity index is 2.32. The van der Waals surface area contributed by atoms with Crippen molar-refractivity contribution < 1.29 is 4.74 Å². The highest BCUT2D eigenvalue weighted by Crippen LogP contribution is 2.29. The topological polar surface area (TPSA) is 9.23 Å². The van der Waals surface area contributed by atoms with Crippen molar-refractivity contribution in [3.63, 3.8) is 0 Å². The van der Waals surface area contributed by atoms with E-state index in [1.54, 1.807) is 7.11 Å². The third-order valence-corrected chi connectivity index (χ3v) is 3.82. The van der Waals surface area contributed by atoms with Gasteiger partial charge in [-0.05, 0) is 45.9 Å². The fourth-order valence-electron chi connectivity index (χ4n) is 1.89. The summed E-state index contributed by atoms with van der Waals surface area (Å²) in [6.45, 7) is 2.23. The first-order valence-corrected chi connectivity index (χ1v) is 6.68. The number of hydrogen-bond donors (Lipinski definition) is 0. The molecule has 2 rings (SSSR count). The first-order chi connectivity index (χ1) is 8.22. The van der Waals surface area contributed by atoms with Gasteiger partial charge in [0.2, 0.25) is 0 Å². The molecule has 1 unspecified atom stereocenters. The second kappa shape index (κ2) is 5.54. The fourth-order valence-corrected chi connectivity index (χ4v) is 2.65. The van der Waals surface area contributed by atoms with E-state index in [9.17, 15) is 0 Å². The molecule has 0 bridgehead atoms. The molecule has 0 aliphatic rings. The van der Waals surface area contributed by atoms with Gasteiger partial charge in [0.15, 0.2) is 0 Å². The lowest BCUT2D eigenvalue weighted by molar-refractivity contribution is 0.411. The van der Waals surface area contributed by atoms with Crippen LogP contribution in [0.4, 0.5) is 0 Å². The van der Waals surface area contributed by atoms with E-state index in [2.05, 4.69) is 65.9 Å². The number of halogens is 1. The van der Waals surface area contributed by atoms with Crippen molar-refractivity contribution in [3.05, 3.63) is 63.2 Å². The molecule has 0 saturated heterocycles. The summed E-state index contributed by atoms with van der Waals surface area (Å²) in [7, 11) is 1.71. The van der Waals surface area contributed by atoms with Gasteiger partial charge in [-0.1, -0.05) is 43.3 Å². The molecule has 0 saturated carbocycles. The number of ether oxygens (including phenoxy) is 1. The van der Waals surface area contributed by atoms with E-state index in [0.29, 0.717) is 5.92 Å². The molecule has 0 aliphatic heterocycles. The second-order valence-electron chi connectivity index (χ2n) is 4.03. The van der Waals surface area contributed by atoms with Gasteiger partial charge in [-0.3, -0.25) is 0 Å². The summed E-state index contributed by atoms with van der Waals surface area (Å²) in [5.74, 6) is 1.35. The molecule has 17 heavy (non-hydrogen) atoms. The zero-order valence-corrected chi connectivity index (χ0v) is 12.1. The molecule has 0 spiro atoms. The molecular weight excluding hydrogens is 323 g/mol. The second-order valence-corrected chi connectivity index (χ2v) is 5.19. The Hall–Kier alpha value is -1.03. The smallest absolute Gasteiger partial charge is 0.132 e. The van der Waals surface area contributed by atoms with Gasteiger partial charge in [0.1, 0.15) is 5.75 Å². The van der Waals surface area contributed by atoms with Crippen LogP contribution in [-0.4, -0.2) is 7.11 Å². The molecule has 0 aromatic heterocycles. The summed E-state index contributed by atoms with van der Waals surface area (Å²) in [6.07, 6.45) is 0. The standard InChI is InChI=1S/C15H15IO/c1-11(12-6-4-3-5-7-12)13-8-9-15(17-2)14(16)10-13/h3-11H,1-2H3. The highest BCUT2D eigenvalue weighted by molar-refractivity contribution is 14.1. The summed E-state index contributed by atoms with van der Waals surface area (Å²) in [5.41, 5.74) is 2.66. The van der Waals surface area contributed by atoms with E-state index in [1.165, 1.54) is 11.1 Å². The normalized spacial score (nSPS) is 12.2. The molecule has 0 fully saturated rings. The zero-order chi connectivity index (χ0) is 12.3. The monoisotopic (exact) mass is 338 g/mol. The molecule has 0 radical (unpaired) electrons. The van der Waals surface area contributed by atoms with Crippen molar-refractivity contribution in [1.82, 2.24) is 0 Å². The molecule has 0 N–H and O–H groups in total. The van der Waals surface area contributed by atoms with Gasteiger partial charge in [0, 0.05) is 5.92 Å². The summed E-state index contributed by atoms with van der Waals surface area (Å²) in [6, 6.07) is 16.9. The van der Waals surface area contributed by atoms with Crippen LogP contribution in [0.25, 0.3) is 0 Å². The van der Waals surface area contributed by atoms with Gasteiger partial charge in [0.25, 0.3) is 0 Å². The molecule has 0 amide bonds. The third-order valence-electron chi connectivity index (χ3n) is 2.98. The van der Waals surface area contributed by atoms with E-state index in [1.807, 2.05) is 12.1 Å². The Morgan fingerprint density at radius 3 is 2.29 bits per heavy atom. The summed E-state index contributed by atoms with van der Waals surface area (Å²) < 4.78 is 6.44. The maximum Gasteiger partial charge on any atom is 0.132 e. The number of methoxy groups -OCH3 is 1. The van der Waals surface area contributed by atoms with E-state index >= 15 is 0 Å². The van der Waals surface area contributed by atoms with Gasteiger partial charge in [-0.25, -0.2) is 0 Å². The van der Waals surface area contributed by atoms with Crippen molar-refractivity contribution in [2.75, 3.05) is 7.11 Å². The maximum atomic E-state index is 5.28. The molecular formula is C15H15IO. The first kappa shape index (κ1) is 12.4. The molecule has 2 aromatic carbocycles. The van der Waals surface area contributed by atoms with Crippen LogP contribution in [0.5, 0.6) is 5.75 Å². The maximum absolute atomic E-state index is 5.28. The zero-order valence-electron chi connectivity index (χ0n) is 9.98. The number of rotatable bonds is 3. The quantitative estimate of drug-likeness (QED) is 0.752. The van der Waals surface area contributed by atoms with Crippen molar-refractivity contribution in [2.45, 2.75) is 12.8 Å². The van der Waals surface area contributed by atoms with Crippen LogP contribution < -0.4 is 4.74 Å². The lowest BCUT2D eigenvalue weighted by atomic mass is 9.93. The minimum absolute atomic E-state index is 0.413. The number of hydrogen-bond acceptors (Lipinski definition) is 1. The van der Waals surface area contributed by atoms with Crippen molar-refractivity contribution in [2.24, 2.45) is 0 Å². The van der Waals surface area contributed by atoms with E-state index in [0.717, 1.165) is 9.32 Å². The van der Waals surface area contributed by atoms with Gasteiger partial charge in [0.05, 0.1) is 10.7 Å². The van der Waals surface area contributed by atoms with E-state index in [-0.39, 0.29) is 0 Å². The Labute approximate surface area is 116 Å². The predicted octanol–water partition coefficient (Wildman–Crippen LogP) is 4.45. The van der Waals surface area contributed by atoms with Crippen LogP contribution in [0, 0.1) is 3.57 Å². The third kappa shape index (κ3) is 2.80. The minimum atomic E-state index is 0.413. The highest BCUT2D eigenvalue weighted by atomic mass is 127. The Kier molecular flexibility index (Phi) is 4.05. The molecule has 0 heterocycles. The van der Waals surface area contributed by atoms with Crippen LogP contribution in [0.2, 0.25) is 0 Å². The molecule has 2 heteroatoms. The average Bonchev–Trinajstić information content (AvgIpc) is 2.39. The molecule has 88 valence electrons. The number of benzene rings is 2.